The van der Waals surface area contributed by atoms with Crippen LogP contribution in [0.25, 0.3) is 0 Å². The molecule has 0 saturated heterocycles. The van der Waals surface area contributed by atoms with Gasteiger partial charge < -0.3 is 9.84 Å². The molecule has 0 aliphatic heterocycles. The van der Waals surface area contributed by atoms with Gasteiger partial charge in [0, 0.05) is 0 Å². The molecule has 86 valence electrons. The summed E-state index contributed by atoms with van der Waals surface area (Å²) in [7, 11) is 0. The van der Waals surface area contributed by atoms with Gasteiger partial charge in [-0.25, -0.2) is 4.79 Å². The van der Waals surface area contributed by atoms with Crippen molar-refractivity contribution in [3.63, 3.8) is 0 Å². The van der Waals surface area contributed by atoms with Crippen LogP contribution in [0.15, 0.2) is 36.1 Å². The highest BCUT2D eigenvalue weighted by Gasteiger charge is 2.01. The fourth-order valence-corrected chi connectivity index (χ4v) is 1.14. The lowest BCUT2D eigenvalue weighted by atomic mass is 10.0. The van der Waals surface area contributed by atoms with Crippen molar-refractivity contribution in [2.24, 2.45) is 0 Å². The minimum absolute atomic E-state index is 0.174. The number of aliphatic carboxylic acids is 1. The van der Waals surface area contributed by atoms with Crippen LogP contribution in [-0.2, 0) is 4.79 Å². The van der Waals surface area contributed by atoms with Crippen LogP contribution in [0.2, 0.25) is 0 Å². The number of carboxylic acid groups (broad SMARTS) is 1. The molecule has 0 saturated carbocycles. The number of carboxylic acids is 1. The molecule has 1 rings (SSSR count). The zero-order valence-corrected chi connectivity index (χ0v) is 9.73. The number of rotatable bonds is 4. The summed E-state index contributed by atoms with van der Waals surface area (Å²) < 4.78 is 5.22. The summed E-state index contributed by atoms with van der Waals surface area (Å²) in [5.41, 5.74) is 1.40. The summed E-state index contributed by atoms with van der Waals surface area (Å²) in [6.07, 6.45) is 1.24. The third-order valence-electron chi connectivity index (χ3n) is 2.26. The van der Waals surface area contributed by atoms with Crippen molar-refractivity contribution in [1.82, 2.24) is 0 Å². The second kappa shape index (κ2) is 5.35. The maximum Gasteiger partial charge on any atom is 0.334 e. The van der Waals surface area contributed by atoms with E-state index in [1.54, 1.807) is 0 Å². The zero-order chi connectivity index (χ0) is 12.1. The van der Waals surface area contributed by atoms with Gasteiger partial charge in [-0.1, -0.05) is 26.0 Å². The van der Waals surface area contributed by atoms with Crippen molar-refractivity contribution in [1.29, 1.82) is 0 Å². The normalized spacial score (nSPS) is 11.6. The van der Waals surface area contributed by atoms with E-state index < -0.39 is 5.97 Å². The van der Waals surface area contributed by atoms with E-state index in [0.717, 1.165) is 0 Å². The molecule has 16 heavy (non-hydrogen) atoms. The molecule has 0 bridgehead atoms. The highest BCUT2D eigenvalue weighted by atomic mass is 16.5. The summed E-state index contributed by atoms with van der Waals surface area (Å²) in [5, 5.41) is 8.63. The zero-order valence-electron chi connectivity index (χ0n) is 9.73. The minimum atomic E-state index is -0.973. The van der Waals surface area contributed by atoms with Gasteiger partial charge in [-0.2, -0.15) is 0 Å². The maximum atomic E-state index is 10.5. The van der Waals surface area contributed by atoms with Crippen LogP contribution in [0.4, 0.5) is 0 Å². The SMILES string of the molecule is C/C(=C\Oc1ccc(C(C)C)cc1)C(=O)O. The molecule has 0 aromatic heterocycles. The molecule has 3 heteroatoms. The van der Waals surface area contributed by atoms with Crippen LogP contribution in [0, 0.1) is 0 Å². The molecule has 0 aliphatic rings. The quantitative estimate of drug-likeness (QED) is 0.626. The molecule has 0 aliphatic carbocycles. The number of ether oxygens (including phenoxy) is 1. The van der Waals surface area contributed by atoms with Crippen LogP contribution in [0.1, 0.15) is 32.3 Å². The lowest BCUT2D eigenvalue weighted by molar-refractivity contribution is -0.132. The monoisotopic (exact) mass is 220 g/mol. The first-order valence-electron chi connectivity index (χ1n) is 5.17. The van der Waals surface area contributed by atoms with Gasteiger partial charge in [0.2, 0.25) is 0 Å². The van der Waals surface area contributed by atoms with Crippen LogP contribution in [-0.4, -0.2) is 11.1 Å². The second-order valence-electron chi connectivity index (χ2n) is 3.95. The van der Waals surface area contributed by atoms with Crippen molar-refractivity contribution < 1.29 is 14.6 Å². The largest absolute Gasteiger partial charge is 0.478 e. The molecule has 0 atom stereocenters. The van der Waals surface area contributed by atoms with E-state index in [9.17, 15) is 4.79 Å². The molecule has 1 N–H and O–H groups in total. The molecule has 0 radical (unpaired) electrons. The van der Waals surface area contributed by atoms with Crippen LogP contribution in [0.5, 0.6) is 5.75 Å². The summed E-state index contributed by atoms with van der Waals surface area (Å²) in [5.74, 6) is 0.147. The Morgan fingerprint density at radius 3 is 2.31 bits per heavy atom. The molecule has 3 nitrogen and oxygen atoms in total. The van der Waals surface area contributed by atoms with E-state index in [4.69, 9.17) is 9.84 Å². The molecular weight excluding hydrogens is 204 g/mol. The standard InChI is InChI=1S/C13H16O3/c1-9(2)11-4-6-12(7-5-11)16-8-10(3)13(14)15/h4-9H,1-3H3,(H,14,15)/b10-8+. The third kappa shape index (κ3) is 3.42. The van der Waals surface area contributed by atoms with Gasteiger partial charge in [0.1, 0.15) is 12.0 Å². The summed E-state index contributed by atoms with van der Waals surface area (Å²) in [6.45, 7) is 5.72. The van der Waals surface area contributed by atoms with Gasteiger partial charge in [-0.3, -0.25) is 0 Å². The maximum absolute atomic E-state index is 10.5. The summed E-state index contributed by atoms with van der Waals surface area (Å²) in [4.78, 5) is 10.5. The number of carbonyl (C=O) groups is 1. The molecule has 0 spiro atoms. The molecule has 1 aromatic rings. The Kier molecular flexibility index (Phi) is 4.11. The first kappa shape index (κ1) is 12.3. The lowest BCUT2D eigenvalue weighted by Crippen LogP contribution is -1.98. The lowest BCUT2D eigenvalue weighted by Gasteiger charge is -2.06. The van der Waals surface area contributed by atoms with Gasteiger partial charge in [-0.05, 0) is 30.5 Å². The van der Waals surface area contributed by atoms with Crippen molar-refractivity contribution in [3.8, 4) is 5.75 Å². The second-order valence-corrected chi connectivity index (χ2v) is 3.95. The van der Waals surface area contributed by atoms with Crippen LogP contribution < -0.4 is 4.74 Å². The molecule has 1 aromatic carbocycles. The Morgan fingerprint density at radius 1 is 1.31 bits per heavy atom. The van der Waals surface area contributed by atoms with Gasteiger partial charge in [0.05, 0.1) is 5.57 Å². The van der Waals surface area contributed by atoms with Gasteiger partial charge in [-0.15, -0.1) is 0 Å². The highest BCUT2D eigenvalue weighted by Crippen LogP contribution is 2.18. The molecule has 0 fully saturated rings. The number of benzene rings is 1. The average Bonchev–Trinajstić information content (AvgIpc) is 2.26. The van der Waals surface area contributed by atoms with E-state index in [-0.39, 0.29) is 5.57 Å². The van der Waals surface area contributed by atoms with Crippen molar-refractivity contribution in [2.75, 3.05) is 0 Å². The van der Waals surface area contributed by atoms with Crippen LogP contribution in [0.3, 0.4) is 0 Å². The first-order chi connectivity index (χ1) is 7.50. The Labute approximate surface area is 95.4 Å². The highest BCUT2D eigenvalue weighted by molar-refractivity contribution is 5.85. The van der Waals surface area contributed by atoms with E-state index in [2.05, 4.69) is 13.8 Å². The number of hydrogen-bond acceptors (Lipinski definition) is 2. The Balaban J connectivity index is 2.69. The number of hydrogen-bond donors (Lipinski definition) is 1. The third-order valence-corrected chi connectivity index (χ3v) is 2.26. The Hall–Kier alpha value is -1.77. The first-order valence-corrected chi connectivity index (χ1v) is 5.17. The fraction of sp³-hybridized carbons (Fsp3) is 0.308. The topological polar surface area (TPSA) is 46.5 Å². The minimum Gasteiger partial charge on any atom is -0.478 e. The molecular formula is C13H16O3. The Morgan fingerprint density at radius 2 is 1.88 bits per heavy atom. The van der Waals surface area contributed by atoms with E-state index >= 15 is 0 Å². The van der Waals surface area contributed by atoms with Crippen LogP contribution >= 0.6 is 0 Å². The molecule has 0 amide bonds. The average molecular weight is 220 g/mol. The van der Waals surface area contributed by atoms with E-state index in [0.29, 0.717) is 11.7 Å². The van der Waals surface area contributed by atoms with Gasteiger partial charge >= 0.3 is 5.97 Å². The fourth-order valence-electron chi connectivity index (χ4n) is 1.14. The smallest absolute Gasteiger partial charge is 0.334 e. The predicted molar refractivity (Wildman–Crippen MR) is 62.6 cm³/mol. The van der Waals surface area contributed by atoms with Crippen molar-refractivity contribution in [2.45, 2.75) is 26.7 Å². The van der Waals surface area contributed by atoms with E-state index in [1.807, 2.05) is 24.3 Å². The van der Waals surface area contributed by atoms with Crippen molar-refractivity contribution >= 4 is 5.97 Å². The molecule has 0 heterocycles. The van der Waals surface area contributed by atoms with Gasteiger partial charge in [0.25, 0.3) is 0 Å². The summed E-state index contributed by atoms with van der Waals surface area (Å²) in [6, 6.07) is 7.62. The van der Waals surface area contributed by atoms with Crippen molar-refractivity contribution in [3.05, 3.63) is 41.7 Å². The Bertz CT molecular complexity index is 388. The summed E-state index contributed by atoms with van der Waals surface area (Å²) >= 11 is 0. The predicted octanol–water partition coefficient (Wildman–Crippen LogP) is 3.18. The van der Waals surface area contributed by atoms with Gasteiger partial charge in [0.15, 0.2) is 0 Å². The van der Waals surface area contributed by atoms with E-state index in [1.165, 1.54) is 18.7 Å². The molecule has 0 unspecified atom stereocenters.